The molecule has 0 fully saturated rings. The first-order valence-electron chi connectivity index (χ1n) is 8.00. The minimum atomic E-state index is -0.00193. The first kappa shape index (κ1) is 15.9. The molecule has 6 heteroatoms. The minimum absolute atomic E-state index is 0.00193. The van der Waals surface area contributed by atoms with Gasteiger partial charge >= 0.3 is 0 Å². The Morgan fingerprint density at radius 3 is 2.46 bits per heavy atom. The van der Waals surface area contributed by atoms with Crippen LogP contribution in [-0.2, 0) is 0 Å². The number of anilines is 1. The number of hydrogen-bond donors (Lipinski definition) is 0. The summed E-state index contributed by atoms with van der Waals surface area (Å²) < 4.78 is 1.56. The molecule has 0 atom stereocenters. The second-order valence-electron chi connectivity index (χ2n) is 5.45. The molecule has 3 rings (SSSR count). The Hall–Kier alpha value is -3.02. The maximum atomic E-state index is 12.9. The molecule has 0 unspecified atom stereocenters. The third-order valence-corrected chi connectivity index (χ3v) is 3.78. The van der Waals surface area contributed by atoms with E-state index in [1.165, 1.54) is 6.33 Å². The SMILES string of the molecule is CCCCN(C(=O)c1ccc(-n2cnnn2)cc1)c1ccccc1. The van der Waals surface area contributed by atoms with E-state index in [-0.39, 0.29) is 5.91 Å². The summed E-state index contributed by atoms with van der Waals surface area (Å²) in [6, 6.07) is 17.1. The van der Waals surface area contributed by atoms with Crippen molar-refractivity contribution in [3.05, 3.63) is 66.5 Å². The molecule has 0 aliphatic rings. The lowest BCUT2D eigenvalue weighted by Crippen LogP contribution is -2.31. The Balaban J connectivity index is 1.84. The van der Waals surface area contributed by atoms with Crippen molar-refractivity contribution in [3.63, 3.8) is 0 Å². The summed E-state index contributed by atoms with van der Waals surface area (Å²) in [4.78, 5) is 14.8. The van der Waals surface area contributed by atoms with Gasteiger partial charge in [-0.3, -0.25) is 4.79 Å². The molecular formula is C18H19N5O. The highest BCUT2D eigenvalue weighted by Crippen LogP contribution is 2.18. The van der Waals surface area contributed by atoms with E-state index in [0.717, 1.165) is 24.2 Å². The Labute approximate surface area is 140 Å². The first-order chi connectivity index (χ1) is 11.8. The fourth-order valence-electron chi connectivity index (χ4n) is 2.46. The smallest absolute Gasteiger partial charge is 0.258 e. The fourth-order valence-corrected chi connectivity index (χ4v) is 2.46. The molecule has 3 aromatic rings. The van der Waals surface area contributed by atoms with Crippen molar-refractivity contribution in [1.82, 2.24) is 20.2 Å². The van der Waals surface area contributed by atoms with Gasteiger partial charge in [0.25, 0.3) is 5.91 Å². The number of tetrazole rings is 1. The maximum Gasteiger partial charge on any atom is 0.258 e. The molecular weight excluding hydrogens is 302 g/mol. The summed E-state index contributed by atoms with van der Waals surface area (Å²) in [5.41, 5.74) is 2.38. The van der Waals surface area contributed by atoms with Crippen LogP contribution in [0, 0.1) is 0 Å². The number of aromatic nitrogens is 4. The van der Waals surface area contributed by atoms with Crippen LogP contribution in [0.15, 0.2) is 60.9 Å². The number of hydrogen-bond acceptors (Lipinski definition) is 4. The lowest BCUT2D eigenvalue weighted by atomic mass is 10.1. The third-order valence-electron chi connectivity index (χ3n) is 3.78. The van der Waals surface area contributed by atoms with Gasteiger partial charge in [0.15, 0.2) is 0 Å². The normalized spacial score (nSPS) is 10.5. The van der Waals surface area contributed by atoms with E-state index in [9.17, 15) is 4.79 Å². The van der Waals surface area contributed by atoms with E-state index >= 15 is 0 Å². The molecule has 2 aromatic carbocycles. The molecule has 0 aliphatic carbocycles. The van der Waals surface area contributed by atoms with Crippen LogP contribution in [0.25, 0.3) is 5.69 Å². The average molecular weight is 321 g/mol. The monoisotopic (exact) mass is 321 g/mol. The van der Waals surface area contributed by atoms with Gasteiger partial charge in [0, 0.05) is 17.8 Å². The van der Waals surface area contributed by atoms with E-state index in [0.29, 0.717) is 12.1 Å². The lowest BCUT2D eigenvalue weighted by Gasteiger charge is -2.23. The largest absolute Gasteiger partial charge is 0.308 e. The number of carbonyl (C=O) groups is 1. The fraction of sp³-hybridized carbons (Fsp3) is 0.222. The number of rotatable bonds is 6. The molecule has 1 aromatic heterocycles. The van der Waals surface area contributed by atoms with Crippen LogP contribution in [0.2, 0.25) is 0 Å². The van der Waals surface area contributed by atoms with Crippen LogP contribution >= 0.6 is 0 Å². The second-order valence-corrected chi connectivity index (χ2v) is 5.45. The van der Waals surface area contributed by atoms with Gasteiger partial charge in [0.1, 0.15) is 6.33 Å². The summed E-state index contributed by atoms with van der Waals surface area (Å²) >= 11 is 0. The van der Waals surface area contributed by atoms with E-state index < -0.39 is 0 Å². The van der Waals surface area contributed by atoms with Gasteiger partial charge in [-0.25, -0.2) is 4.68 Å². The summed E-state index contributed by atoms with van der Waals surface area (Å²) in [6.07, 6.45) is 3.52. The molecule has 24 heavy (non-hydrogen) atoms. The number of nitrogens with zero attached hydrogens (tertiary/aromatic N) is 5. The van der Waals surface area contributed by atoms with Crippen molar-refractivity contribution < 1.29 is 4.79 Å². The van der Waals surface area contributed by atoms with Gasteiger partial charge in [-0.15, -0.1) is 5.10 Å². The molecule has 0 N–H and O–H groups in total. The van der Waals surface area contributed by atoms with E-state index in [4.69, 9.17) is 0 Å². The highest BCUT2D eigenvalue weighted by Gasteiger charge is 2.17. The molecule has 0 saturated carbocycles. The molecule has 0 saturated heterocycles. The molecule has 1 amide bonds. The van der Waals surface area contributed by atoms with Crippen LogP contribution in [0.3, 0.4) is 0 Å². The molecule has 6 nitrogen and oxygen atoms in total. The van der Waals surface area contributed by atoms with Gasteiger partial charge in [-0.1, -0.05) is 31.5 Å². The van der Waals surface area contributed by atoms with Gasteiger partial charge in [0.05, 0.1) is 5.69 Å². The first-order valence-corrected chi connectivity index (χ1v) is 8.00. The van der Waals surface area contributed by atoms with Crippen LogP contribution in [-0.4, -0.2) is 32.7 Å². The molecule has 0 bridgehead atoms. The van der Waals surface area contributed by atoms with Crippen molar-refractivity contribution >= 4 is 11.6 Å². The highest BCUT2D eigenvalue weighted by molar-refractivity contribution is 6.06. The highest BCUT2D eigenvalue weighted by atomic mass is 16.2. The zero-order chi connectivity index (χ0) is 16.8. The summed E-state index contributed by atoms with van der Waals surface area (Å²) in [5.74, 6) is -0.00193. The summed E-state index contributed by atoms with van der Waals surface area (Å²) in [6.45, 7) is 2.82. The standard InChI is InChI=1S/C18H19N5O/c1-2-3-13-22(16-7-5-4-6-8-16)18(24)15-9-11-17(12-10-15)23-14-19-20-21-23/h4-12,14H,2-3,13H2,1H3. The van der Waals surface area contributed by atoms with Crippen molar-refractivity contribution in [2.45, 2.75) is 19.8 Å². The lowest BCUT2D eigenvalue weighted by molar-refractivity contribution is 0.0986. The predicted molar refractivity (Wildman–Crippen MR) is 92.2 cm³/mol. The maximum absolute atomic E-state index is 12.9. The molecule has 0 aliphatic heterocycles. The van der Waals surface area contributed by atoms with Crippen LogP contribution < -0.4 is 4.90 Å². The van der Waals surface area contributed by atoms with E-state index in [1.54, 1.807) is 16.8 Å². The van der Waals surface area contributed by atoms with Gasteiger partial charge < -0.3 is 4.90 Å². The Morgan fingerprint density at radius 1 is 1.08 bits per heavy atom. The quantitative estimate of drug-likeness (QED) is 0.700. The van der Waals surface area contributed by atoms with Crippen molar-refractivity contribution in [3.8, 4) is 5.69 Å². The van der Waals surface area contributed by atoms with Gasteiger partial charge in [-0.2, -0.15) is 0 Å². The van der Waals surface area contributed by atoms with E-state index in [1.807, 2.05) is 47.4 Å². The number of benzene rings is 2. The number of unbranched alkanes of at least 4 members (excludes halogenated alkanes) is 1. The summed E-state index contributed by atoms with van der Waals surface area (Å²) in [5, 5.41) is 11.1. The molecule has 1 heterocycles. The Kier molecular flexibility index (Phi) is 4.96. The topological polar surface area (TPSA) is 63.9 Å². The molecule has 0 radical (unpaired) electrons. The number of amides is 1. The van der Waals surface area contributed by atoms with Crippen LogP contribution in [0.4, 0.5) is 5.69 Å². The van der Waals surface area contributed by atoms with Crippen molar-refractivity contribution in [2.24, 2.45) is 0 Å². The zero-order valence-corrected chi connectivity index (χ0v) is 13.5. The molecule has 0 spiro atoms. The summed E-state index contributed by atoms with van der Waals surface area (Å²) in [7, 11) is 0. The number of carbonyl (C=O) groups excluding carboxylic acids is 1. The zero-order valence-electron chi connectivity index (χ0n) is 13.5. The van der Waals surface area contributed by atoms with Gasteiger partial charge in [0.2, 0.25) is 0 Å². The number of para-hydroxylation sites is 1. The third kappa shape index (κ3) is 3.48. The van der Waals surface area contributed by atoms with Crippen LogP contribution in [0.5, 0.6) is 0 Å². The van der Waals surface area contributed by atoms with Crippen molar-refractivity contribution in [2.75, 3.05) is 11.4 Å². The minimum Gasteiger partial charge on any atom is -0.308 e. The Morgan fingerprint density at radius 2 is 1.83 bits per heavy atom. The van der Waals surface area contributed by atoms with E-state index in [2.05, 4.69) is 22.4 Å². The van der Waals surface area contributed by atoms with Crippen LogP contribution in [0.1, 0.15) is 30.1 Å². The Bertz CT molecular complexity index is 769. The second kappa shape index (κ2) is 7.50. The van der Waals surface area contributed by atoms with Crippen molar-refractivity contribution in [1.29, 1.82) is 0 Å². The average Bonchev–Trinajstić information content (AvgIpc) is 3.17. The van der Waals surface area contributed by atoms with Gasteiger partial charge in [-0.05, 0) is 53.2 Å². The molecule has 122 valence electrons. The predicted octanol–water partition coefficient (Wildman–Crippen LogP) is 3.11.